The first-order valence-corrected chi connectivity index (χ1v) is 7.22. The minimum atomic E-state index is 0.799. The maximum absolute atomic E-state index is 4.23. The average Bonchev–Trinajstić information content (AvgIpc) is 3.04. The van der Waals surface area contributed by atoms with Crippen LogP contribution in [0.1, 0.15) is 17.1 Å². The number of benzene rings is 1. The molecule has 0 aliphatic rings. The van der Waals surface area contributed by atoms with E-state index in [-0.39, 0.29) is 0 Å². The molecule has 3 heterocycles. The van der Waals surface area contributed by atoms with Gasteiger partial charge in [0.1, 0.15) is 0 Å². The fourth-order valence-corrected chi connectivity index (χ4v) is 2.36. The summed E-state index contributed by atoms with van der Waals surface area (Å²) in [6.07, 6.45) is 2.09. The van der Waals surface area contributed by atoms with Crippen LogP contribution in [-0.4, -0.2) is 24.4 Å². The van der Waals surface area contributed by atoms with E-state index in [2.05, 4.69) is 64.3 Å². The maximum atomic E-state index is 4.23. The highest BCUT2D eigenvalue weighted by Gasteiger charge is 1.99. The van der Waals surface area contributed by atoms with Gasteiger partial charge in [-0.15, -0.1) is 10.2 Å². The Labute approximate surface area is 129 Å². The summed E-state index contributed by atoms with van der Waals surface area (Å²) >= 11 is 0. The third-order valence-electron chi connectivity index (χ3n) is 3.60. The molecule has 0 aliphatic carbocycles. The van der Waals surface area contributed by atoms with E-state index in [9.17, 15) is 0 Å². The average molecular weight is 293 g/mol. The quantitative estimate of drug-likeness (QED) is 0.500. The molecule has 0 spiro atoms. The summed E-state index contributed by atoms with van der Waals surface area (Å²) < 4.78 is 3.87. The lowest BCUT2D eigenvalue weighted by molar-refractivity contribution is 0.851. The molecule has 22 heavy (non-hydrogen) atoms. The lowest BCUT2D eigenvalue weighted by Crippen LogP contribution is -1.95. The molecule has 0 fully saturated rings. The fraction of sp³-hybridized carbons (Fsp3) is 0.235. The van der Waals surface area contributed by atoms with Crippen molar-refractivity contribution in [2.24, 2.45) is 7.05 Å². The molecule has 1 aromatic carbocycles. The van der Waals surface area contributed by atoms with Crippen molar-refractivity contribution in [2.75, 3.05) is 0 Å². The van der Waals surface area contributed by atoms with Gasteiger partial charge in [-0.1, -0.05) is 12.1 Å². The Morgan fingerprint density at radius 2 is 1.73 bits per heavy atom. The largest absolute Gasteiger partial charge is 0.351 e. The van der Waals surface area contributed by atoms with Crippen LogP contribution in [0, 0.1) is 20.8 Å². The molecular weight excluding hydrogens is 274 g/mol. The number of aryl methyl sites for hydroxylation is 4. The molecule has 0 bridgehead atoms. The Bertz CT molecular complexity index is 855. The Balaban J connectivity index is 0.000000131. The van der Waals surface area contributed by atoms with E-state index in [0.717, 1.165) is 17.2 Å². The molecule has 5 nitrogen and oxygen atoms in total. The van der Waals surface area contributed by atoms with Crippen molar-refractivity contribution < 1.29 is 0 Å². The van der Waals surface area contributed by atoms with Crippen molar-refractivity contribution in [3.63, 3.8) is 0 Å². The Kier molecular flexibility index (Phi) is 3.63. The number of hydrogen-bond donors (Lipinski definition) is 0. The zero-order chi connectivity index (χ0) is 15.7. The van der Waals surface area contributed by atoms with Crippen LogP contribution in [0.15, 0.2) is 42.6 Å². The molecule has 0 atom stereocenters. The Morgan fingerprint density at radius 3 is 2.55 bits per heavy atom. The lowest BCUT2D eigenvalue weighted by Gasteiger charge is -1.96. The van der Waals surface area contributed by atoms with Gasteiger partial charge in [-0.25, -0.2) is 0 Å². The summed E-state index contributed by atoms with van der Waals surface area (Å²) in [6.45, 7) is 5.94. The summed E-state index contributed by atoms with van der Waals surface area (Å²) in [5, 5.41) is 13.3. The second-order valence-electron chi connectivity index (χ2n) is 5.48. The van der Waals surface area contributed by atoms with Crippen LogP contribution in [0.5, 0.6) is 0 Å². The SMILES string of the molecule is Cc1ccc2ccn(C)c2c1.Cc1ccc2nnc(C)n2n1. The van der Waals surface area contributed by atoms with Gasteiger partial charge in [0.05, 0.1) is 5.69 Å². The van der Waals surface area contributed by atoms with E-state index in [1.807, 2.05) is 26.0 Å². The van der Waals surface area contributed by atoms with E-state index in [1.165, 1.54) is 16.5 Å². The van der Waals surface area contributed by atoms with Crippen LogP contribution >= 0.6 is 0 Å². The molecule has 0 aliphatic heterocycles. The molecule has 0 saturated carbocycles. The summed E-state index contributed by atoms with van der Waals surface area (Å²) in [5.74, 6) is 0.823. The molecule has 4 rings (SSSR count). The summed E-state index contributed by atoms with van der Waals surface area (Å²) in [4.78, 5) is 0. The van der Waals surface area contributed by atoms with Crippen molar-refractivity contribution in [1.29, 1.82) is 0 Å². The number of aromatic nitrogens is 5. The first-order valence-electron chi connectivity index (χ1n) is 7.22. The fourth-order valence-electron chi connectivity index (χ4n) is 2.36. The van der Waals surface area contributed by atoms with Gasteiger partial charge in [0.2, 0.25) is 0 Å². The minimum absolute atomic E-state index is 0.799. The third kappa shape index (κ3) is 2.70. The number of fused-ring (bicyclic) bond motifs is 2. The third-order valence-corrected chi connectivity index (χ3v) is 3.60. The van der Waals surface area contributed by atoms with Crippen LogP contribution in [0.3, 0.4) is 0 Å². The van der Waals surface area contributed by atoms with E-state index in [1.54, 1.807) is 4.52 Å². The number of rotatable bonds is 0. The van der Waals surface area contributed by atoms with Crippen molar-refractivity contribution >= 4 is 16.6 Å². The van der Waals surface area contributed by atoms with Gasteiger partial charge in [0, 0.05) is 18.8 Å². The Morgan fingerprint density at radius 1 is 0.909 bits per heavy atom. The maximum Gasteiger partial charge on any atom is 0.177 e. The van der Waals surface area contributed by atoms with Gasteiger partial charge in [-0.3, -0.25) is 0 Å². The molecule has 5 heteroatoms. The number of hydrogen-bond acceptors (Lipinski definition) is 3. The topological polar surface area (TPSA) is 48.0 Å². The second kappa shape index (κ2) is 5.60. The zero-order valence-electron chi connectivity index (χ0n) is 13.3. The summed E-state index contributed by atoms with van der Waals surface area (Å²) in [7, 11) is 2.07. The van der Waals surface area contributed by atoms with Gasteiger partial charge in [-0.05, 0) is 56.0 Å². The minimum Gasteiger partial charge on any atom is -0.351 e. The van der Waals surface area contributed by atoms with Crippen LogP contribution < -0.4 is 0 Å². The molecule has 0 radical (unpaired) electrons. The van der Waals surface area contributed by atoms with Crippen molar-refractivity contribution in [2.45, 2.75) is 20.8 Å². The van der Waals surface area contributed by atoms with Crippen molar-refractivity contribution in [3.8, 4) is 0 Å². The molecule has 112 valence electrons. The van der Waals surface area contributed by atoms with Gasteiger partial charge in [0.25, 0.3) is 0 Å². The summed E-state index contributed by atoms with van der Waals surface area (Å²) in [6, 6.07) is 12.5. The summed E-state index contributed by atoms with van der Waals surface area (Å²) in [5.41, 5.74) is 4.40. The van der Waals surface area contributed by atoms with E-state index < -0.39 is 0 Å². The van der Waals surface area contributed by atoms with E-state index in [4.69, 9.17) is 0 Å². The smallest absolute Gasteiger partial charge is 0.177 e. The number of nitrogens with zero attached hydrogens (tertiary/aromatic N) is 5. The van der Waals surface area contributed by atoms with E-state index >= 15 is 0 Å². The predicted molar refractivity (Wildman–Crippen MR) is 87.9 cm³/mol. The van der Waals surface area contributed by atoms with Crippen LogP contribution in [-0.2, 0) is 7.05 Å². The monoisotopic (exact) mass is 293 g/mol. The van der Waals surface area contributed by atoms with Crippen LogP contribution in [0.4, 0.5) is 0 Å². The highest BCUT2D eigenvalue weighted by atomic mass is 15.4. The van der Waals surface area contributed by atoms with Crippen molar-refractivity contribution in [1.82, 2.24) is 24.4 Å². The molecule has 0 saturated heterocycles. The van der Waals surface area contributed by atoms with Gasteiger partial charge >= 0.3 is 0 Å². The van der Waals surface area contributed by atoms with Gasteiger partial charge in [0.15, 0.2) is 11.5 Å². The molecule has 0 N–H and O–H groups in total. The Hall–Kier alpha value is -2.69. The normalized spacial score (nSPS) is 10.7. The molecule has 0 amide bonds. The molecule has 4 aromatic rings. The van der Waals surface area contributed by atoms with Crippen molar-refractivity contribution in [3.05, 3.63) is 59.7 Å². The highest BCUT2D eigenvalue weighted by molar-refractivity contribution is 5.80. The van der Waals surface area contributed by atoms with E-state index in [0.29, 0.717) is 0 Å². The lowest BCUT2D eigenvalue weighted by atomic mass is 10.2. The van der Waals surface area contributed by atoms with Gasteiger partial charge in [-0.2, -0.15) is 9.61 Å². The predicted octanol–water partition coefficient (Wildman–Crippen LogP) is 3.23. The first-order chi connectivity index (χ1) is 10.5. The second-order valence-corrected chi connectivity index (χ2v) is 5.48. The zero-order valence-corrected chi connectivity index (χ0v) is 13.3. The van der Waals surface area contributed by atoms with Crippen LogP contribution in [0.2, 0.25) is 0 Å². The molecule has 0 unspecified atom stereocenters. The molecular formula is C17H19N5. The highest BCUT2D eigenvalue weighted by Crippen LogP contribution is 2.15. The van der Waals surface area contributed by atoms with Gasteiger partial charge < -0.3 is 4.57 Å². The molecule has 3 aromatic heterocycles. The first kappa shape index (κ1) is 14.3. The van der Waals surface area contributed by atoms with Crippen LogP contribution in [0.25, 0.3) is 16.6 Å². The standard InChI is InChI=1S/C10H11N.C7H8N4/c1-8-3-4-9-5-6-11(2)10(9)7-8;1-5-3-4-7-9-8-6(2)11(7)10-5/h3-7H,1-2H3;3-4H,1-2H3.